The highest BCUT2D eigenvalue weighted by Gasteiger charge is 2.16. The molecule has 0 unspecified atom stereocenters. The summed E-state index contributed by atoms with van der Waals surface area (Å²) in [5.41, 5.74) is 0. The van der Waals surface area contributed by atoms with Gasteiger partial charge in [-0.2, -0.15) is 5.10 Å². The molecule has 0 aliphatic carbocycles. The van der Waals surface area contributed by atoms with E-state index in [4.69, 9.17) is 0 Å². The highest BCUT2D eigenvalue weighted by atomic mass is 32.2. The molecule has 3 heterocycles. The first-order chi connectivity index (χ1) is 9.65. The minimum atomic E-state index is -3.48. The zero-order valence-electron chi connectivity index (χ0n) is 10.1. The SMILES string of the molecule is O=S(=O)(NCc1nc(-c2cccs2)n[nH]1)c1cccs1. The van der Waals surface area contributed by atoms with Crippen LogP contribution in [0, 0.1) is 0 Å². The molecule has 3 aromatic heterocycles. The van der Waals surface area contributed by atoms with Gasteiger partial charge in [-0.05, 0) is 22.9 Å². The summed E-state index contributed by atoms with van der Waals surface area (Å²) in [6.45, 7) is 0.0820. The van der Waals surface area contributed by atoms with Crippen LogP contribution in [0.2, 0.25) is 0 Å². The van der Waals surface area contributed by atoms with Crippen molar-refractivity contribution in [3.8, 4) is 10.7 Å². The molecule has 0 saturated carbocycles. The van der Waals surface area contributed by atoms with Crippen LogP contribution in [0.1, 0.15) is 5.82 Å². The van der Waals surface area contributed by atoms with Crippen LogP contribution in [0.5, 0.6) is 0 Å². The summed E-state index contributed by atoms with van der Waals surface area (Å²) in [4.78, 5) is 5.20. The summed E-state index contributed by atoms with van der Waals surface area (Å²) < 4.78 is 26.7. The van der Waals surface area contributed by atoms with Gasteiger partial charge in [0.15, 0.2) is 5.82 Å². The fraction of sp³-hybridized carbons (Fsp3) is 0.0909. The van der Waals surface area contributed by atoms with Crippen molar-refractivity contribution in [3.05, 3.63) is 40.8 Å². The number of aromatic nitrogens is 3. The van der Waals surface area contributed by atoms with Gasteiger partial charge in [-0.3, -0.25) is 5.10 Å². The number of hydrogen-bond donors (Lipinski definition) is 2. The summed E-state index contributed by atoms with van der Waals surface area (Å²) in [5, 5.41) is 10.5. The van der Waals surface area contributed by atoms with E-state index in [9.17, 15) is 8.42 Å². The Bertz CT molecular complexity index is 776. The Morgan fingerprint density at radius 2 is 2.00 bits per heavy atom. The average molecular weight is 326 g/mol. The largest absolute Gasteiger partial charge is 0.262 e. The second kappa shape index (κ2) is 5.44. The lowest BCUT2D eigenvalue weighted by molar-refractivity contribution is 0.581. The molecule has 3 aromatic rings. The minimum absolute atomic E-state index is 0.0820. The van der Waals surface area contributed by atoms with Gasteiger partial charge in [0, 0.05) is 0 Å². The predicted molar refractivity (Wildman–Crippen MR) is 78.0 cm³/mol. The number of hydrogen-bond acceptors (Lipinski definition) is 6. The minimum Gasteiger partial charge on any atom is -0.262 e. The van der Waals surface area contributed by atoms with Gasteiger partial charge in [0.2, 0.25) is 10.0 Å². The van der Waals surface area contributed by atoms with Crippen molar-refractivity contribution < 1.29 is 8.42 Å². The number of rotatable bonds is 5. The fourth-order valence-electron chi connectivity index (χ4n) is 1.54. The quantitative estimate of drug-likeness (QED) is 0.751. The third kappa shape index (κ3) is 2.80. The van der Waals surface area contributed by atoms with Gasteiger partial charge in [0.1, 0.15) is 10.0 Å². The van der Waals surface area contributed by atoms with Crippen LogP contribution in [0.15, 0.2) is 39.2 Å². The van der Waals surface area contributed by atoms with E-state index in [2.05, 4.69) is 19.9 Å². The zero-order valence-corrected chi connectivity index (χ0v) is 12.6. The Kier molecular flexibility index (Phi) is 3.66. The number of sulfonamides is 1. The van der Waals surface area contributed by atoms with Gasteiger partial charge in [-0.25, -0.2) is 18.1 Å². The van der Waals surface area contributed by atoms with Gasteiger partial charge in [0.25, 0.3) is 0 Å². The molecule has 2 N–H and O–H groups in total. The van der Waals surface area contributed by atoms with Crippen LogP contribution in [-0.4, -0.2) is 23.6 Å². The third-order valence-electron chi connectivity index (χ3n) is 2.46. The van der Waals surface area contributed by atoms with E-state index in [-0.39, 0.29) is 10.8 Å². The molecule has 0 fully saturated rings. The Hall–Kier alpha value is -1.55. The van der Waals surface area contributed by atoms with Gasteiger partial charge in [-0.15, -0.1) is 22.7 Å². The molecule has 104 valence electrons. The summed E-state index contributed by atoms with van der Waals surface area (Å²) in [6.07, 6.45) is 0. The maximum absolute atomic E-state index is 11.9. The highest BCUT2D eigenvalue weighted by molar-refractivity contribution is 7.91. The number of thiophene rings is 2. The van der Waals surface area contributed by atoms with E-state index >= 15 is 0 Å². The first-order valence-electron chi connectivity index (χ1n) is 5.63. The lowest BCUT2D eigenvalue weighted by Crippen LogP contribution is -2.23. The van der Waals surface area contributed by atoms with E-state index in [0.717, 1.165) is 4.88 Å². The molecule has 3 rings (SSSR count). The smallest absolute Gasteiger partial charge is 0.250 e. The molecule has 0 aliphatic heterocycles. The molecule has 20 heavy (non-hydrogen) atoms. The first kappa shape index (κ1) is 13.4. The maximum atomic E-state index is 11.9. The second-order valence-electron chi connectivity index (χ2n) is 3.84. The molecule has 9 heteroatoms. The molecule has 6 nitrogen and oxygen atoms in total. The van der Waals surface area contributed by atoms with Crippen molar-refractivity contribution in [2.75, 3.05) is 0 Å². The van der Waals surface area contributed by atoms with E-state index in [1.807, 2.05) is 17.5 Å². The Morgan fingerprint density at radius 1 is 1.20 bits per heavy atom. The van der Waals surface area contributed by atoms with E-state index in [0.29, 0.717) is 11.6 Å². The monoisotopic (exact) mass is 326 g/mol. The molecule has 0 aliphatic rings. The number of H-pyrrole nitrogens is 1. The molecule has 0 amide bonds. The number of nitrogens with one attached hydrogen (secondary N) is 2. The third-order valence-corrected chi connectivity index (χ3v) is 6.13. The van der Waals surface area contributed by atoms with Gasteiger partial charge in [0.05, 0.1) is 11.4 Å². The highest BCUT2D eigenvalue weighted by Crippen LogP contribution is 2.20. The van der Waals surface area contributed by atoms with Crippen molar-refractivity contribution in [2.24, 2.45) is 0 Å². The van der Waals surface area contributed by atoms with Crippen LogP contribution in [0.25, 0.3) is 10.7 Å². The molecule has 0 aromatic carbocycles. The van der Waals surface area contributed by atoms with Crippen LogP contribution < -0.4 is 4.72 Å². The van der Waals surface area contributed by atoms with Crippen molar-refractivity contribution in [2.45, 2.75) is 10.8 Å². The summed E-state index contributed by atoms with van der Waals surface area (Å²) >= 11 is 2.70. The summed E-state index contributed by atoms with van der Waals surface area (Å²) in [7, 11) is -3.48. The summed E-state index contributed by atoms with van der Waals surface area (Å²) in [6, 6.07) is 7.08. The van der Waals surface area contributed by atoms with Crippen molar-refractivity contribution in [1.82, 2.24) is 19.9 Å². The Morgan fingerprint density at radius 3 is 2.70 bits per heavy atom. The number of aromatic amines is 1. The van der Waals surface area contributed by atoms with Gasteiger partial charge < -0.3 is 0 Å². The lowest BCUT2D eigenvalue weighted by Gasteiger charge is -2.01. The van der Waals surface area contributed by atoms with Crippen LogP contribution in [-0.2, 0) is 16.6 Å². The Balaban J connectivity index is 1.71. The normalized spacial score (nSPS) is 11.8. The van der Waals surface area contributed by atoms with E-state index in [1.165, 1.54) is 22.7 Å². The van der Waals surface area contributed by atoms with Crippen LogP contribution in [0.4, 0.5) is 0 Å². The molecule has 0 radical (unpaired) electrons. The molecular formula is C11H10N4O2S3. The standard InChI is InChI=1S/C11H10N4O2S3/c16-20(17,10-4-2-6-19-10)12-7-9-13-11(15-14-9)8-3-1-5-18-8/h1-6,12H,7H2,(H,13,14,15). The number of nitrogens with zero attached hydrogens (tertiary/aromatic N) is 2. The van der Waals surface area contributed by atoms with Crippen LogP contribution >= 0.6 is 22.7 Å². The Labute approximate surface area is 123 Å². The lowest BCUT2D eigenvalue weighted by atomic mass is 10.4. The van der Waals surface area contributed by atoms with E-state index in [1.54, 1.807) is 17.5 Å². The maximum Gasteiger partial charge on any atom is 0.250 e. The van der Waals surface area contributed by atoms with Crippen molar-refractivity contribution in [3.63, 3.8) is 0 Å². The molecule has 0 spiro atoms. The van der Waals surface area contributed by atoms with Crippen molar-refractivity contribution >= 4 is 32.7 Å². The second-order valence-corrected chi connectivity index (χ2v) is 7.73. The molecule has 0 saturated heterocycles. The average Bonchev–Trinajstić information content (AvgIpc) is 3.16. The van der Waals surface area contributed by atoms with Gasteiger partial charge in [-0.1, -0.05) is 12.1 Å². The zero-order chi connectivity index (χ0) is 14.0. The molecular weight excluding hydrogens is 316 g/mol. The van der Waals surface area contributed by atoms with Gasteiger partial charge >= 0.3 is 0 Å². The fourth-order valence-corrected chi connectivity index (χ4v) is 4.22. The molecule has 0 bridgehead atoms. The van der Waals surface area contributed by atoms with Crippen LogP contribution in [0.3, 0.4) is 0 Å². The predicted octanol–water partition coefficient (Wildman–Crippen LogP) is 2.07. The first-order valence-corrected chi connectivity index (χ1v) is 8.88. The van der Waals surface area contributed by atoms with E-state index < -0.39 is 10.0 Å². The summed E-state index contributed by atoms with van der Waals surface area (Å²) in [5.74, 6) is 1.05. The topological polar surface area (TPSA) is 87.7 Å². The molecule has 0 atom stereocenters. The van der Waals surface area contributed by atoms with Crippen molar-refractivity contribution in [1.29, 1.82) is 0 Å².